The van der Waals surface area contributed by atoms with Gasteiger partial charge in [-0.3, -0.25) is 33.6 Å². The molecule has 17 rings (SSSR count). The average Bonchev–Trinajstić information content (AvgIpc) is 1.58. The van der Waals surface area contributed by atoms with Crippen molar-refractivity contribution in [2.75, 3.05) is 62.1 Å². The number of hydrogen-bond donors (Lipinski definition) is 4. The predicted octanol–water partition coefficient (Wildman–Crippen LogP) is 19.4. The van der Waals surface area contributed by atoms with Crippen LogP contribution in [0.3, 0.4) is 0 Å². The van der Waals surface area contributed by atoms with Crippen molar-refractivity contribution in [3.8, 4) is 66.6 Å². The second-order valence-electron chi connectivity index (χ2n) is 40.1. The van der Waals surface area contributed by atoms with Crippen molar-refractivity contribution in [3.05, 3.63) is 154 Å². The number of nitrogens with one attached hydrogen (secondary N) is 3. The molecule has 0 saturated heterocycles. The number of fused-ring (bicyclic) bond motifs is 7. The van der Waals surface area contributed by atoms with Crippen LogP contribution in [0.4, 0.5) is 0 Å². The first-order valence-electron chi connectivity index (χ1n) is 48.9. The molecule has 8 heterocycles. The normalized spacial score (nSPS) is 26.2. The third kappa shape index (κ3) is 21.6. The van der Waals surface area contributed by atoms with Gasteiger partial charge in [-0.15, -0.1) is 47.2 Å². The SMILES string of the molecule is C=CCCCCN(C)C(=O)[C@@H]1C[C@H](Oc2cc(-c3nc(C(C)C)cs3)nc3c(C)c(OC)ccc23)C[C@H]1C(=O)N[C@]1(C)C[C@H]1C=C.COc1ccc2c(O[C@@H]3C[C@H]4C(=O)N[C@]5(C(=O)O)C[C@H]5/C=C\CCCCN(C)C(=O)[C@@H]4C3)cc(-c3nc(C(C)C)cs3)nc2c1C.COc1ccc2c(O[C@@H]3C[C@H]4C(=O)N[C@]5(C(C)=O)C[C@H]5/C=C\CCCCN(C)C(=O)[C@@H]4C3)cc(-c3nc(C(C)C)cs3)nc2c1C. The molecule has 9 aromatic rings. The van der Waals surface area contributed by atoms with Gasteiger partial charge in [-0.1, -0.05) is 78.0 Å². The van der Waals surface area contributed by atoms with Crippen molar-refractivity contribution in [3.63, 3.8) is 0 Å². The number of methoxy groups -OCH3 is 3. The fraction of sp³-hybridized carbons (Fsp3) is 0.519. The number of hydrogen-bond acceptors (Lipinski definition) is 23. The number of thiazole rings is 3. The van der Waals surface area contributed by atoms with Crippen molar-refractivity contribution in [2.45, 2.75) is 244 Å². The van der Waals surface area contributed by atoms with E-state index in [1.165, 1.54) is 11.3 Å². The van der Waals surface area contributed by atoms with E-state index in [-0.39, 0.29) is 83.2 Å². The molecule has 4 N–H and O–H groups in total. The van der Waals surface area contributed by atoms with E-state index in [4.69, 9.17) is 58.3 Å². The first-order chi connectivity index (χ1) is 66.0. The third-order valence-electron chi connectivity index (χ3n) is 29.5. The number of Topliss-reactive ketones (excluding diaryl/α,β-unsaturated/α-hetero) is 1. The highest BCUT2D eigenvalue weighted by molar-refractivity contribution is 7.13. The number of benzene rings is 3. The van der Waals surface area contributed by atoms with E-state index < -0.39 is 64.6 Å². The van der Waals surface area contributed by atoms with E-state index in [9.17, 15) is 43.5 Å². The molecule has 734 valence electrons. The van der Waals surface area contributed by atoms with Crippen molar-refractivity contribution < 1.29 is 71.9 Å². The Morgan fingerprint density at radius 2 is 0.935 bits per heavy atom. The van der Waals surface area contributed by atoms with Crippen LogP contribution in [0.25, 0.3) is 64.8 Å². The maximum Gasteiger partial charge on any atom is 0.330 e. The molecule has 15 atom stereocenters. The summed E-state index contributed by atoms with van der Waals surface area (Å²) in [6.07, 6.45) is 22.9. The van der Waals surface area contributed by atoms with Crippen LogP contribution in [0.2, 0.25) is 0 Å². The number of nitrogens with zero attached hydrogens (tertiary/aromatic N) is 9. The van der Waals surface area contributed by atoms with Crippen LogP contribution in [-0.2, 0) is 38.4 Å². The van der Waals surface area contributed by atoms with E-state index in [1.807, 2.05) is 126 Å². The zero-order valence-electron chi connectivity index (χ0n) is 82.7. The topological polar surface area (TPSA) is 335 Å². The molecule has 0 spiro atoms. The smallest absolute Gasteiger partial charge is 0.330 e. The number of pyridine rings is 3. The van der Waals surface area contributed by atoms with E-state index in [0.29, 0.717) is 111 Å². The van der Waals surface area contributed by atoms with Gasteiger partial charge < -0.3 is 64.2 Å². The number of aliphatic carboxylic acids is 1. The lowest BCUT2D eigenvalue weighted by Gasteiger charge is -2.26. The predicted molar refractivity (Wildman–Crippen MR) is 541 cm³/mol. The number of allylic oxidation sites excluding steroid dienone is 3. The molecule has 6 aliphatic carbocycles. The molecule has 3 aromatic carbocycles. The van der Waals surface area contributed by atoms with Crippen LogP contribution in [0.15, 0.2) is 120 Å². The number of aromatic nitrogens is 6. The van der Waals surface area contributed by atoms with Crippen LogP contribution in [0, 0.1) is 74.0 Å². The monoisotopic (exact) mass is 1930 g/mol. The maximum absolute atomic E-state index is 13.9. The Bertz CT molecular complexity index is 5930. The van der Waals surface area contributed by atoms with Gasteiger partial charge in [0.15, 0.2) is 5.78 Å². The minimum Gasteiger partial charge on any atom is -0.496 e. The van der Waals surface area contributed by atoms with Crippen LogP contribution in [-0.4, -0.2) is 194 Å². The van der Waals surface area contributed by atoms with Crippen LogP contribution < -0.4 is 44.4 Å². The van der Waals surface area contributed by atoms with E-state index >= 15 is 0 Å². The number of amides is 6. The highest BCUT2D eigenvalue weighted by atomic mass is 32.1. The summed E-state index contributed by atoms with van der Waals surface area (Å²) in [5.41, 5.74) is 7.56. The van der Waals surface area contributed by atoms with E-state index in [1.54, 1.807) is 72.7 Å². The van der Waals surface area contributed by atoms with Crippen LogP contribution in [0.5, 0.6) is 34.5 Å². The van der Waals surface area contributed by atoms with Gasteiger partial charge in [-0.2, -0.15) is 0 Å². The molecule has 2 aliphatic heterocycles. The zero-order chi connectivity index (χ0) is 98.7. The molecule has 6 saturated carbocycles. The first kappa shape index (κ1) is 101. The number of ketones is 1. The average molecular weight is 1940 g/mol. The lowest BCUT2D eigenvalue weighted by molar-refractivity contribution is -0.145. The van der Waals surface area contributed by atoms with Crippen LogP contribution in [0.1, 0.15) is 222 Å². The second-order valence-corrected chi connectivity index (χ2v) is 42.7. The summed E-state index contributed by atoms with van der Waals surface area (Å²) in [7, 11) is 10.4. The number of rotatable bonds is 26. The molecule has 6 fully saturated rings. The van der Waals surface area contributed by atoms with Crippen molar-refractivity contribution in [1.82, 2.24) is 60.6 Å². The van der Waals surface area contributed by atoms with Crippen molar-refractivity contribution >= 4 is 114 Å². The fourth-order valence-electron chi connectivity index (χ4n) is 20.5. The number of ether oxygens (including phenoxy) is 6. The minimum atomic E-state index is -1.33. The largest absolute Gasteiger partial charge is 0.496 e. The summed E-state index contributed by atoms with van der Waals surface area (Å²) < 4.78 is 37.1. The Balaban J connectivity index is 0.000000157. The van der Waals surface area contributed by atoms with Gasteiger partial charge >= 0.3 is 5.97 Å². The van der Waals surface area contributed by atoms with Gasteiger partial charge in [-0.05, 0) is 204 Å². The molecule has 0 unspecified atom stereocenters. The lowest BCUT2D eigenvalue weighted by Crippen LogP contribution is -2.49. The molecule has 0 bridgehead atoms. The summed E-state index contributed by atoms with van der Waals surface area (Å²) in [4.78, 5) is 143. The van der Waals surface area contributed by atoms with Gasteiger partial charge in [0.05, 0.1) is 90.5 Å². The lowest BCUT2D eigenvalue weighted by atomic mass is 9.92. The molecule has 8 aliphatic rings. The highest BCUT2D eigenvalue weighted by Gasteiger charge is 2.63. The number of carbonyl (C=O) groups is 8. The number of carboxylic acids is 1. The van der Waals surface area contributed by atoms with Gasteiger partial charge in [0.25, 0.3) is 0 Å². The number of aryl methyl sites for hydroxylation is 3. The first-order valence-corrected chi connectivity index (χ1v) is 51.5. The number of unbranched alkanes of at least 4 members (excludes halogenated alkanes) is 2. The Morgan fingerprint density at radius 3 is 1.31 bits per heavy atom. The molecule has 6 aromatic heterocycles. The Labute approximate surface area is 821 Å². The summed E-state index contributed by atoms with van der Waals surface area (Å²) in [5.74, 6) is -0.498. The van der Waals surface area contributed by atoms with Gasteiger partial charge in [-0.25, -0.2) is 34.7 Å². The van der Waals surface area contributed by atoms with Gasteiger partial charge in [0.1, 0.15) is 96.0 Å². The Morgan fingerprint density at radius 1 is 0.543 bits per heavy atom. The van der Waals surface area contributed by atoms with E-state index in [0.717, 1.165) is 163 Å². The zero-order valence-corrected chi connectivity index (χ0v) is 85.2. The third-order valence-corrected chi connectivity index (χ3v) is 32.1. The summed E-state index contributed by atoms with van der Waals surface area (Å²) in [5, 5.41) is 30.4. The maximum atomic E-state index is 13.9. The fourth-order valence-corrected chi connectivity index (χ4v) is 23.3. The molecular weight excluding hydrogens is 1800 g/mol. The molecular formula is C108H134N12O15S3. The summed E-state index contributed by atoms with van der Waals surface area (Å²) in [6.45, 7) is 31.8. The molecule has 138 heavy (non-hydrogen) atoms. The summed E-state index contributed by atoms with van der Waals surface area (Å²) in [6, 6.07) is 17.3. The molecule has 0 radical (unpaired) electrons. The van der Waals surface area contributed by atoms with E-state index in [2.05, 4.69) is 93.6 Å². The Hall–Kier alpha value is -11.5. The second kappa shape index (κ2) is 42.7. The summed E-state index contributed by atoms with van der Waals surface area (Å²) >= 11 is 4.64. The van der Waals surface area contributed by atoms with Gasteiger partial charge in [0, 0.05) is 131 Å². The molecule has 27 nitrogen and oxygen atoms in total. The quantitative estimate of drug-likeness (QED) is 0.0289. The standard InChI is InChI=1S/C37H48N4O4S.C36H44N4O5S.C35H42N4O6S/c1-9-11-12-13-16-41(7)36(43)28-18-25(17-27(28)34(42)40-37(6)20-24(37)10-2)45-32-19-29(35-39-30(21-46-35)22(3)4)38-33-23(5)31(44-8)15-14-26(32)33;1-20(2)29-19-46-34(38-29)28-17-31(25-12-13-30(44-6)21(3)32(25)37-28)45-24-15-26-27(16-24)35(43)40(5)14-10-8-7-9-11-23-18-36(23,22(4)41)39-33(26)42;1-19(2)27-18-46-32(37-27)26-16-29(23-11-12-28(44-5)20(3)30(23)36-26)45-22-14-24-25(15-22)33(41)39(4)13-9-7-6-8-10-21-17-35(21,34(42)43)38-31(24)40/h9-10,14-15,19,21-22,24-25,27-28H,1-2,11-13,16-18,20H2,3-8H3,(H,40,42);9,11-13,17,19-20,23-24,26-27H,7-8,10,14-16,18H2,1-6H3,(H,39,42);8,10-12,16,18-19,21-22,24-25H,6-7,9,13-15,17H2,1-5H3,(H,38,40)(H,42,43)/b;11-9-;10-8-/t24-,25-,27-,28-,37-;23-,24-,26-,27-,36+;21-,22-,24-,25-,35-/m111/s1. The van der Waals surface area contributed by atoms with Crippen molar-refractivity contribution in [1.29, 1.82) is 0 Å². The molecule has 30 heteroatoms. The minimum absolute atomic E-state index is 0.00377. The highest BCUT2D eigenvalue weighted by Crippen LogP contribution is 2.52. The number of carbonyl (C=O) groups excluding carboxylic acids is 7. The van der Waals surface area contributed by atoms with Crippen molar-refractivity contribution in [2.24, 2.45) is 53.3 Å². The van der Waals surface area contributed by atoms with Gasteiger partial charge in [0.2, 0.25) is 35.4 Å². The Kier molecular flexibility index (Phi) is 31.2. The van der Waals surface area contributed by atoms with Crippen LogP contribution >= 0.6 is 34.0 Å². The number of carboxylic acid groups (broad SMARTS) is 1. The molecule has 6 amide bonds.